The van der Waals surface area contributed by atoms with Crippen LogP contribution in [0.4, 0.5) is 0 Å². The van der Waals surface area contributed by atoms with Crippen molar-refractivity contribution >= 4 is 46.3 Å². The van der Waals surface area contributed by atoms with Crippen molar-refractivity contribution in [3.05, 3.63) is 72.5 Å². The topological polar surface area (TPSA) is 64.2 Å². The summed E-state index contributed by atoms with van der Waals surface area (Å²) >= 11 is 7.89. The first kappa shape index (κ1) is 17.3. The number of thiazole rings is 1. The van der Waals surface area contributed by atoms with Crippen molar-refractivity contribution in [2.24, 2.45) is 4.99 Å². The maximum atomic E-state index is 6.43. The van der Waals surface area contributed by atoms with Crippen molar-refractivity contribution < 1.29 is 4.42 Å². The molecule has 0 unspecified atom stereocenters. The average Bonchev–Trinajstić information content (AvgIpc) is 3.32. The summed E-state index contributed by atoms with van der Waals surface area (Å²) in [6.45, 7) is 7.34. The number of aliphatic imine (C=N–C) groups is 1. The first-order valence-electron chi connectivity index (χ1n) is 7.96. The zero-order chi connectivity index (χ0) is 18.8. The van der Waals surface area contributed by atoms with Gasteiger partial charge >= 0.3 is 0 Å². The van der Waals surface area contributed by atoms with Crippen LogP contribution < -0.4 is 0 Å². The molecule has 0 atom stereocenters. The lowest BCUT2D eigenvalue weighted by atomic mass is 10.1. The lowest BCUT2D eigenvalue weighted by molar-refractivity contribution is 0.613. The van der Waals surface area contributed by atoms with Crippen LogP contribution in [-0.4, -0.2) is 21.7 Å². The summed E-state index contributed by atoms with van der Waals surface area (Å²) in [5.41, 5.74) is 3.37. The van der Waals surface area contributed by atoms with Crippen LogP contribution >= 0.6 is 22.9 Å². The van der Waals surface area contributed by atoms with Gasteiger partial charge in [0.15, 0.2) is 5.58 Å². The largest absolute Gasteiger partial charge is 0.462 e. The Labute approximate surface area is 164 Å². The van der Waals surface area contributed by atoms with E-state index in [-0.39, 0.29) is 0 Å². The van der Waals surface area contributed by atoms with Gasteiger partial charge in [0, 0.05) is 23.3 Å². The minimum Gasteiger partial charge on any atom is -0.462 e. The molecular formula is C20H13ClN4OS. The summed E-state index contributed by atoms with van der Waals surface area (Å²) < 4.78 is 5.59. The van der Waals surface area contributed by atoms with Crippen LogP contribution in [0.2, 0.25) is 5.15 Å². The molecular weight excluding hydrogens is 380 g/mol. The predicted octanol–water partition coefficient (Wildman–Crippen LogP) is 5.89. The number of allylic oxidation sites excluding steroid dienone is 2. The highest BCUT2D eigenvalue weighted by Gasteiger charge is 2.18. The molecule has 0 bridgehead atoms. The Morgan fingerprint density at radius 1 is 1.30 bits per heavy atom. The van der Waals surface area contributed by atoms with Crippen molar-refractivity contribution in [3.8, 4) is 21.1 Å². The zero-order valence-corrected chi connectivity index (χ0v) is 15.7. The Hall–Kier alpha value is -3.09. The molecule has 0 saturated heterocycles. The van der Waals surface area contributed by atoms with Crippen molar-refractivity contribution in [3.63, 3.8) is 0 Å². The van der Waals surface area contributed by atoms with Gasteiger partial charge in [0.1, 0.15) is 15.9 Å². The Bertz CT molecular complexity index is 1180. The monoisotopic (exact) mass is 392 g/mol. The molecule has 0 aromatic carbocycles. The van der Waals surface area contributed by atoms with Gasteiger partial charge in [-0.15, -0.1) is 11.3 Å². The fourth-order valence-electron chi connectivity index (χ4n) is 2.66. The molecule has 4 aromatic rings. The molecule has 5 nitrogen and oxygen atoms in total. The fraction of sp³-hybridized carbons (Fsp3) is 0. The second-order valence-electron chi connectivity index (χ2n) is 5.52. The average molecular weight is 393 g/mol. The zero-order valence-electron chi connectivity index (χ0n) is 14.1. The standard InChI is InChI=1S/C20H13ClN4OS/c1-3-5-14(22-2)16-17-12(7-9-26-17)10-15(24-16)18-19(21)25-20(27-18)13-6-4-8-23-11-13/h3-11H,1-2H2/b14-5-. The molecule has 4 aromatic heterocycles. The van der Waals surface area contributed by atoms with Crippen LogP contribution in [0.5, 0.6) is 0 Å². The van der Waals surface area contributed by atoms with Gasteiger partial charge in [0.05, 0.1) is 22.5 Å². The van der Waals surface area contributed by atoms with Gasteiger partial charge in [-0.05, 0) is 37.1 Å². The van der Waals surface area contributed by atoms with Crippen LogP contribution in [0.25, 0.3) is 37.8 Å². The van der Waals surface area contributed by atoms with Crippen molar-refractivity contribution in [2.45, 2.75) is 0 Å². The van der Waals surface area contributed by atoms with Crippen LogP contribution in [0.1, 0.15) is 5.69 Å². The van der Waals surface area contributed by atoms with E-state index in [1.165, 1.54) is 11.3 Å². The summed E-state index contributed by atoms with van der Waals surface area (Å²) in [6, 6.07) is 7.59. The van der Waals surface area contributed by atoms with Gasteiger partial charge in [0.25, 0.3) is 0 Å². The number of rotatable bonds is 5. The molecule has 0 aliphatic rings. The van der Waals surface area contributed by atoms with Crippen LogP contribution in [0.15, 0.2) is 71.1 Å². The lowest BCUT2D eigenvalue weighted by Crippen LogP contribution is -1.91. The second-order valence-corrected chi connectivity index (χ2v) is 6.88. The number of pyridine rings is 2. The van der Waals surface area contributed by atoms with E-state index in [0.717, 1.165) is 20.8 Å². The second kappa shape index (κ2) is 7.26. The van der Waals surface area contributed by atoms with Crippen LogP contribution in [0.3, 0.4) is 0 Å². The summed E-state index contributed by atoms with van der Waals surface area (Å²) in [6.07, 6.45) is 8.45. The molecule has 27 heavy (non-hydrogen) atoms. The third kappa shape index (κ3) is 3.20. The Morgan fingerprint density at radius 3 is 2.93 bits per heavy atom. The van der Waals surface area contributed by atoms with E-state index >= 15 is 0 Å². The third-order valence-corrected chi connectivity index (χ3v) is 5.36. The number of halogens is 1. The molecule has 0 radical (unpaired) electrons. The quantitative estimate of drug-likeness (QED) is 0.313. The van der Waals surface area contributed by atoms with Gasteiger partial charge in [-0.2, -0.15) is 0 Å². The highest BCUT2D eigenvalue weighted by atomic mass is 35.5. The number of fused-ring (bicyclic) bond motifs is 1. The molecule has 0 amide bonds. The first-order valence-corrected chi connectivity index (χ1v) is 9.16. The molecule has 4 heterocycles. The third-order valence-electron chi connectivity index (χ3n) is 3.85. The van der Waals surface area contributed by atoms with E-state index in [1.807, 2.05) is 24.3 Å². The molecule has 0 saturated carbocycles. The van der Waals surface area contributed by atoms with E-state index in [0.29, 0.717) is 27.8 Å². The number of hydrogen-bond donors (Lipinski definition) is 0. The highest BCUT2D eigenvalue weighted by Crippen LogP contribution is 2.39. The summed E-state index contributed by atoms with van der Waals surface area (Å²) in [5, 5.41) is 2.06. The Morgan fingerprint density at radius 2 is 2.19 bits per heavy atom. The minimum absolute atomic E-state index is 0.390. The van der Waals surface area contributed by atoms with Crippen molar-refractivity contribution in [1.82, 2.24) is 15.0 Å². The summed E-state index contributed by atoms with van der Waals surface area (Å²) in [7, 11) is 0. The van der Waals surface area contributed by atoms with Gasteiger partial charge in [-0.25, -0.2) is 9.97 Å². The molecule has 0 N–H and O–H groups in total. The Balaban J connectivity index is 1.90. The number of nitrogens with zero attached hydrogens (tertiary/aromatic N) is 4. The van der Waals surface area contributed by atoms with Gasteiger partial charge < -0.3 is 4.42 Å². The van der Waals surface area contributed by atoms with E-state index in [1.54, 1.807) is 30.8 Å². The maximum Gasteiger partial charge on any atom is 0.161 e. The number of aromatic nitrogens is 3. The van der Waals surface area contributed by atoms with E-state index in [9.17, 15) is 0 Å². The predicted molar refractivity (Wildman–Crippen MR) is 111 cm³/mol. The van der Waals surface area contributed by atoms with E-state index < -0.39 is 0 Å². The fourth-order valence-corrected chi connectivity index (χ4v) is 3.91. The van der Waals surface area contributed by atoms with Gasteiger partial charge in [-0.1, -0.05) is 24.3 Å². The molecule has 0 aliphatic heterocycles. The van der Waals surface area contributed by atoms with E-state index in [2.05, 4.69) is 28.3 Å². The summed E-state index contributed by atoms with van der Waals surface area (Å²) in [4.78, 5) is 18.1. The molecule has 0 aliphatic carbocycles. The molecule has 7 heteroatoms. The highest BCUT2D eigenvalue weighted by molar-refractivity contribution is 7.19. The molecule has 4 rings (SSSR count). The first-order chi connectivity index (χ1) is 13.2. The lowest BCUT2D eigenvalue weighted by Gasteiger charge is -2.05. The van der Waals surface area contributed by atoms with Crippen LogP contribution in [0, 0.1) is 0 Å². The number of furan rings is 1. The van der Waals surface area contributed by atoms with Gasteiger partial charge in [-0.3, -0.25) is 9.98 Å². The smallest absolute Gasteiger partial charge is 0.161 e. The normalized spacial score (nSPS) is 11.7. The molecule has 0 fully saturated rings. The molecule has 132 valence electrons. The summed E-state index contributed by atoms with van der Waals surface area (Å²) in [5.74, 6) is 0. The van der Waals surface area contributed by atoms with Crippen molar-refractivity contribution in [1.29, 1.82) is 0 Å². The Kier molecular flexibility index (Phi) is 4.66. The number of hydrogen-bond acceptors (Lipinski definition) is 6. The minimum atomic E-state index is 0.390. The van der Waals surface area contributed by atoms with E-state index in [4.69, 9.17) is 21.0 Å². The maximum absolute atomic E-state index is 6.43. The SMILES string of the molecule is C=C/C=C(\N=C)c1nc(-c2sc(-c3cccnc3)nc2Cl)cc2ccoc12. The van der Waals surface area contributed by atoms with Crippen LogP contribution in [-0.2, 0) is 0 Å². The molecule has 0 spiro atoms. The van der Waals surface area contributed by atoms with Crippen molar-refractivity contribution in [2.75, 3.05) is 0 Å². The van der Waals surface area contributed by atoms with Gasteiger partial charge in [0.2, 0.25) is 0 Å².